The molecule has 242 valence electrons. The van der Waals surface area contributed by atoms with Crippen molar-refractivity contribution in [3.63, 3.8) is 0 Å². The fourth-order valence-corrected chi connectivity index (χ4v) is 6.78. The highest BCUT2D eigenvalue weighted by molar-refractivity contribution is 6.11. The fourth-order valence-electron chi connectivity index (χ4n) is 6.78. The van der Waals surface area contributed by atoms with Crippen LogP contribution in [0.3, 0.4) is 0 Å². The SMILES string of the molecule is Fc1cc(F)cc(-c2ccc(-n3c4ccccc4c4cc(-c5ccccc5)ccc43)c(-c3nc(-c4ccccc4)nc(-c4ccccc4)n3)c2)c1. The molecule has 0 N–H and O–H groups in total. The molecule has 0 fully saturated rings. The largest absolute Gasteiger partial charge is 0.309 e. The van der Waals surface area contributed by atoms with E-state index in [1.54, 1.807) is 0 Å². The number of hydrogen-bond donors (Lipinski definition) is 0. The molecular weight excluding hydrogens is 635 g/mol. The lowest BCUT2D eigenvalue weighted by molar-refractivity contribution is 0.584. The Bertz CT molecular complexity index is 2630. The van der Waals surface area contributed by atoms with Crippen LogP contribution >= 0.6 is 0 Å². The van der Waals surface area contributed by atoms with Crippen LogP contribution in [0.25, 0.3) is 83.9 Å². The summed E-state index contributed by atoms with van der Waals surface area (Å²) in [6.07, 6.45) is 0. The minimum atomic E-state index is -0.648. The predicted octanol–water partition coefficient (Wildman–Crippen LogP) is 11.6. The smallest absolute Gasteiger partial charge is 0.166 e. The summed E-state index contributed by atoms with van der Waals surface area (Å²) in [5, 5.41) is 2.19. The topological polar surface area (TPSA) is 43.6 Å². The highest BCUT2D eigenvalue weighted by Gasteiger charge is 2.21. The molecule has 0 saturated heterocycles. The average Bonchev–Trinajstić information content (AvgIpc) is 3.51. The van der Waals surface area contributed by atoms with Crippen LogP contribution in [0.4, 0.5) is 8.78 Å². The normalized spacial score (nSPS) is 11.3. The molecule has 0 atom stereocenters. The van der Waals surface area contributed by atoms with E-state index in [1.165, 1.54) is 12.1 Å². The second-order valence-corrected chi connectivity index (χ2v) is 12.4. The molecule has 0 radical (unpaired) electrons. The monoisotopic (exact) mass is 662 g/mol. The lowest BCUT2D eigenvalue weighted by Gasteiger charge is -2.16. The fraction of sp³-hybridized carbons (Fsp3) is 0. The van der Waals surface area contributed by atoms with Crippen molar-refractivity contribution in [1.29, 1.82) is 0 Å². The van der Waals surface area contributed by atoms with Gasteiger partial charge in [0.05, 0.1) is 16.7 Å². The third-order valence-corrected chi connectivity index (χ3v) is 9.15. The summed E-state index contributed by atoms with van der Waals surface area (Å²) in [5.41, 5.74) is 8.48. The van der Waals surface area contributed by atoms with Gasteiger partial charge < -0.3 is 4.57 Å². The van der Waals surface area contributed by atoms with Crippen molar-refractivity contribution in [2.45, 2.75) is 0 Å². The Kier molecular flexibility index (Phi) is 7.47. The molecule has 0 spiro atoms. The summed E-state index contributed by atoms with van der Waals surface area (Å²) in [7, 11) is 0. The standard InChI is InChI=1S/C45H28F2N4/c46-35-24-34(25-36(47)28-35)33-21-23-42(51-40-19-11-10-18-37(40)38-26-32(20-22-41(38)51)29-12-4-1-5-13-29)39(27-33)45-49-43(30-14-6-2-7-15-30)48-44(50-45)31-16-8-3-9-17-31/h1-28H. The van der Waals surface area contributed by atoms with Crippen LogP contribution in [0.1, 0.15) is 0 Å². The number of hydrogen-bond acceptors (Lipinski definition) is 3. The highest BCUT2D eigenvalue weighted by Crippen LogP contribution is 2.39. The van der Waals surface area contributed by atoms with Gasteiger partial charge in [0.1, 0.15) is 11.6 Å². The first kappa shape index (κ1) is 30.3. The Morgan fingerprint density at radius 1 is 0.353 bits per heavy atom. The highest BCUT2D eigenvalue weighted by atomic mass is 19.1. The molecule has 0 unspecified atom stereocenters. The molecule has 6 heteroatoms. The molecule has 0 aliphatic carbocycles. The van der Waals surface area contributed by atoms with Crippen molar-refractivity contribution < 1.29 is 8.78 Å². The Morgan fingerprint density at radius 2 is 0.863 bits per heavy atom. The summed E-state index contributed by atoms with van der Waals surface area (Å²) < 4.78 is 31.3. The lowest BCUT2D eigenvalue weighted by atomic mass is 10.0. The van der Waals surface area contributed by atoms with E-state index >= 15 is 0 Å². The second-order valence-electron chi connectivity index (χ2n) is 12.4. The number of fused-ring (bicyclic) bond motifs is 3. The number of para-hydroxylation sites is 1. The van der Waals surface area contributed by atoms with E-state index in [-0.39, 0.29) is 0 Å². The van der Waals surface area contributed by atoms with Gasteiger partial charge in [0.2, 0.25) is 0 Å². The predicted molar refractivity (Wildman–Crippen MR) is 201 cm³/mol. The van der Waals surface area contributed by atoms with Crippen LogP contribution in [0, 0.1) is 11.6 Å². The van der Waals surface area contributed by atoms with E-state index in [0.29, 0.717) is 34.2 Å². The van der Waals surface area contributed by atoms with Crippen LogP contribution in [0.2, 0.25) is 0 Å². The summed E-state index contributed by atoms with van der Waals surface area (Å²) >= 11 is 0. The molecule has 2 aromatic heterocycles. The van der Waals surface area contributed by atoms with E-state index in [4.69, 9.17) is 15.0 Å². The van der Waals surface area contributed by atoms with Gasteiger partial charge in [-0.25, -0.2) is 23.7 Å². The van der Waals surface area contributed by atoms with Crippen LogP contribution in [0.15, 0.2) is 170 Å². The summed E-state index contributed by atoms with van der Waals surface area (Å²) in [6.45, 7) is 0. The van der Waals surface area contributed by atoms with Crippen molar-refractivity contribution >= 4 is 21.8 Å². The summed E-state index contributed by atoms with van der Waals surface area (Å²) in [5.74, 6) is 0.170. The first-order valence-corrected chi connectivity index (χ1v) is 16.7. The number of halogens is 2. The molecule has 2 heterocycles. The van der Waals surface area contributed by atoms with Gasteiger partial charge in [-0.2, -0.15) is 0 Å². The van der Waals surface area contributed by atoms with Crippen molar-refractivity contribution in [1.82, 2.24) is 19.5 Å². The molecule has 9 rings (SSSR count). The molecule has 0 aliphatic rings. The maximum Gasteiger partial charge on any atom is 0.166 e. The van der Waals surface area contributed by atoms with Crippen LogP contribution in [-0.2, 0) is 0 Å². The summed E-state index contributed by atoms with van der Waals surface area (Å²) in [4.78, 5) is 15.0. The van der Waals surface area contributed by atoms with E-state index < -0.39 is 11.6 Å². The Labute approximate surface area is 293 Å². The van der Waals surface area contributed by atoms with E-state index in [1.807, 2.05) is 109 Å². The van der Waals surface area contributed by atoms with Gasteiger partial charge in [-0.3, -0.25) is 0 Å². The number of nitrogens with zero attached hydrogens (tertiary/aromatic N) is 4. The first-order chi connectivity index (χ1) is 25.1. The van der Waals surface area contributed by atoms with Gasteiger partial charge in [-0.15, -0.1) is 0 Å². The molecular formula is C45H28F2N4. The van der Waals surface area contributed by atoms with Crippen LogP contribution in [-0.4, -0.2) is 19.5 Å². The molecule has 0 aliphatic heterocycles. The quantitative estimate of drug-likeness (QED) is 0.178. The van der Waals surface area contributed by atoms with Crippen LogP contribution in [0.5, 0.6) is 0 Å². The Balaban J connectivity index is 1.35. The molecule has 4 nitrogen and oxygen atoms in total. The molecule has 7 aromatic carbocycles. The van der Waals surface area contributed by atoms with Gasteiger partial charge in [0.25, 0.3) is 0 Å². The maximum atomic E-state index is 14.5. The minimum absolute atomic E-state index is 0.413. The first-order valence-electron chi connectivity index (χ1n) is 16.7. The van der Waals surface area contributed by atoms with Crippen molar-refractivity contribution in [2.75, 3.05) is 0 Å². The minimum Gasteiger partial charge on any atom is -0.309 e. The van der Waals surface area contributed by atoms with Crippen molar-refractivity contribution in [3.8, 4) is 62.1 Å². The molecule has 51 heavy (non-hydrogen) atoms. The van der Waals surface area contributed by atoms with E-state index in [0.717, 1.165) is 55.8 Å². The summed E-state index contributed by atoms with van der Waals surface area (Å²) in [6, 6.07) is 54.1. The Hall–Kier alpha value is -6.79. The van der Waals surface area contributed by atoms with Gasteiger partial charge in [-0.1, -0.05) is 121 Å². The third kappa shape index (κ3) is 5.63. The van der Waals surface area contributed by atoms with Crippen LogP contribution < -0.4 is 0 Å². The average molecular weight is 663 g/mol. The zero-order valence-corrected chi connectivity index (χ0v) is 27.2. The number of rotatable bonds is 6. The molecule has 0 amide bonds. The molecule has 0 bridgehead atoms. The van der Waals surface area contributed by atoms with E-state index in [2.05, 4.69) is 47.0 Å². The van der Waals surface area contributed by atoms with Gasteiger partial charge in [-0.05, 0) is 64.7 Å². The van der Waals surface area contributed by atoms with Gasteiger partial charge in [0.15, 0.2) is 17.5 Å². The van der Waals surface area contributed by atoms with Crippen molar-refractivity contribution in [3.05, 3.63) is 181 Å². The van der Waals surface area contributed by atoms with Gasteiger partial charge >= 0.3 is 0 Å². The number of benzene rings is 7. The molecule has 9 aromatic rings. The maximum absolute atomic E-state index is 14.5. The zero-order chi connectivity index (χ0) is 34.3. The lowest BCUT2D eigenvalue weighted by Crippen LogP contribution is -2.04. The Morgan fingerprint density at radius 3 is 1.51 bits per heavy atom. The molecule has 0 saturated carbocycles. The zero-order valence-electron chi connectivity index (χ0n) is 27.2. The third-order valence-electron chi connectivity index (χ3n) is 9.15. The number of aromatic nitrogens is 4. The van der Waals surface area contributed by atoms with Crippen molar-refractivity contribution in [2.24, 2.45) is 0 Å². The second kappa shape index (κ2) is 12.6. The van der Waals surface area contributed by atoms with E-state index in [9.17, 15) is 8.78 Å². The van der Waals surface area contributed by atoms with Gasteiger partial charge in [0, 0.05) is 33.5 Å².